The van der Waals surface area contributed by atoms with Crippen molar-refractivity contribution in [1.29, 1.82) is 0 Å². The predicted molar refractivity (Wildman–Crippen MR) is 20.3 cm³/mol. The molecule has 0 bridgehead atoms. The van der Waals surface area contributed by atoms with Gasteiger partial charge in [-0.1, -0.05) is 0 Å². The van der Waals surface area contributed by atoms with Crippen molar-refractivity contribution in [3.05, 3.63) is 0 Å². The molecule has 0 unspecified atom stereocenters. The molecular formula is C2H2O4P. The van der Waals surface area contributed by atoms with Crippen LogP contribution in [0.3, 0.4) is 0 Å². The van der Waals surface area contributed by atoms with Crippen LogP contribution in [-0.4, -0.2) is 13.3 Å². The second-order valence-corrected chi connectivity index (χ2v) is 0.956. The number of hydrogen-bond donors (Lipinski definition) is 0. The van der Waals surface area contributed by atoms with Crippen LogP contribution >= 0.6 is 8.69 Å². The minimum absolute atomic E-state index is 0.311. The number of hydrogen-bond acceptors (Lipinski definition) is 4. The first-order chi connectivity index (χ1) is 3.41. The molecule has 5 heteroatoms. The number of rotatable bonds is 4. The fourth-order valence-corrected chi connectivity index (χ4v) is 0.168. The average Bonchev–Trinajstić information content (AvgIpc) is 1.69. The molecule has 0 aliphatic heterocycles. The van der Waals surface area contributed by atoms with E-state index in [-0.39, 0.29) is 6.79 Å². The Bertz CT molecular complexity index is 54.7. The lowest BCUT2D eigenvalue weighted by Crippen LogP contribution is -1.87. The fourth-order valence-electron chi connectivity index (χ4n) is 0.0719. The molecule has 0 spiro atoms. The lowest BCUT2D eigenvalue weighted by molar-refractivity contribution is 0.117. The first-order valence-electron chi connectivity index (χ1n) is 1.35. The zero-order chi connectivity index (χ0) is 5.54. The molecule has 4 nitrogen and oxygen atoms in total. The van der Waals surface area contributed by atoms with Crippen LogP contribution in [0.1, 0.15) is 0 Å². The van der Waals surface area contributed by atoms with Gasteiger partial charge in [-0.05, 0) is 0 Å². The molecule has 0 aromatic carbocycles. The maximum Gasteiger partial charge on any atom is 0.419 e. The molecule has 0 heterocycles. The van der Waals surface area contributed by atoms with Crippen LogP contribution in [0.5, 0.6) is 0 Å². The Kier molecular flexibility index (Phi) is 5.16. The smallest absolute Gasteiger partial charge is 0.419 e. The van der Waals surface area contributed by atoms with Gasteiger partial charge in [-0.25, -0.2) is 9.36 Å². The van der Waals surface area contributed by atoms with Gasteiger partial charge in [0, 0.05) is 0 Å². The Morgan fingerprint density at radius 1 is 1.71 bits per heavy atom. The summed E-state index contributed by atoms with van der Waals surface area (Å²) in [6, 6.07) is 0. The van der Waals surface area contributed by atoms with Gasteiger partial charge in [0.25, 0.3) is 0 Å². The van der Waals surface area contributed by atoms with E-state index in [0.717, 1.165) is 6.47 Å². The van der Waals surface area contributed by atoms with E-state index in [1.54, 1.807) is 0 Å². The van der Waals surface area contributed by atoms with Gasteiger partial charge in [0.15, 0.2) is 0 Å². The van der Waals surface area contributed by atoms with Crippen LogP contribution in [-0.2, 0) is 18.6 Å². The molecule has 0 aliphatic carbocycles. The van der Waals surface area contributed by atoms with Gasteiger partial charge in [0.05, 0.1) is 0 Å². The largest absolute Gasteiger partial charge is 0.429 e. The van der Waals surface area contributed by atoms with Crippen molar-refractivity contribution in [2.45, 2.75) is 0 Å². The van der Waals surface area contributed by atoms with E-state index in [1.165, 1.54) is 0 Å². The van der Waals surface area contributed by atoms with Gasteiger partial charge >= 0.3 is 15.2 Å². The summed E-state index contributed by atoms with van der Waals surface area (Å²) in [6.07, 6.45) is 0. The molecule has 0 saturated heterocycles. The van der Waals surface area contributed by atoms with Crippen LogP contribution in [0.25, 0.3) is 0 Å². The van der Waals surface area contributed by atoms with Gasteiger partial charge in [0.1, 0.15) is 0 Å². The molecule has 0 amide bonds. The quantitative estimate of drug-likeness (QED) is 0.304. The summed E-state index contributed by atoms with van der Waals surface area (Å²) < 4.78 is 17.2. The molecule has 39 valence electrons. The van der Waals surface area contributed by atoms with Crippen molar-refractivity contribution >= 4 is 15.2 Å². The Morgan fingerprint density at radius 3 is 2.86 bits per heavy atom. The van der Waals surface area contributed by atoms with E-state index in [1.807, 2.05) is 0 Å². The average molecular weight is 121 g/mol. The van der Waals surface area contributed by atoms with Gasteiger partial charge < -0.3 is 4.74 Å². The maximum atomic E-state index is 9.34. The lowest BCUT2D eigenvalue weighted by atomic mass is 11.4. The molecule has 0 atom stereocenters. The first kappa shape index (κ1) is 6.53. The highest BCUT2D eigenvalue weighted by atomic mass is 31.1. The summed E-state index contributed by atoms with van der Waals surface area (Å²) in [5, 5.41) is 0. The van der Waals surface area contributed by atoms with Crippen molar-refractivity contribution in [3.63, 3.8) is 0 Å². The number of ether oxygens (including phenoxy) is 1. The van der Waals surface area contributed by atoms with Crippen molar-refractivity contribution in [2.24, 2.45) is 0 Å². The van der Waals surface area contributed by atoms with Gasteiger partial charge in [-0.15, -0.1) is 0 Å². The number of carbonyl (C=O) groups excluding carboxylic acids is 1. The third-order valence-electron chi connectivity index (χ3n) is 0.223. The minimum Gasteiger partial charge on any atom is -0.429 e. The van der Waals surface area contributed by atoms with E-state index in [0.29, 0.717) is 0 Å². The minimum atomic E-state index is -0.499. The van der Waals surface area contributed by atoms with Gasteiger partial charge in [0.2, 0.25) is 6.79 Å². The molecule has 0 aromatic heterocycles. The summed E-state index contributed by atoms with van der Waals surface area (Å²) in [4.78, 5) is 9.15. The molecule has 0 aliphatic rings. The third kappa shape index (κ3) is 5.53. The first-order valence-corrected chi connectivity index (χ1v) is 2.08. The SMILES string of the molecule is O=[C]OCOP=O. The summed E-state index contributed by atoms with van der Waals surface area (Å²) in [6.45, 7) is 0.773. The third-order valence-corrected chi connectivity index (χ3v) is 0.434. The Balaban J connectivity index is 2.68. The van der Waals surface area contributed by atoms with Gasteiger partial charge in [-0.2, -0.15) is 0 Å². The Labute approximate surface area is 41.7 Å². The second kappa shape index (κ2) is 5.53. The van der Waals surface area contributed by atoms with E-state index in [9.17, 15) is 4.57 Å². The van der Waals surface area contributed by atoms with Crippen molar-refractivity contribution in [1.82, 2.24) is 0 Å². The Morgan fingerprint density at radius 2 is 2.43 bits per heavy atom. The summed E-state index contributed by atoms with van der Waals surface area (Å²) in [5.74, 6) is 0. The molecule has 1 radical (unpaired) electrons. The molecule has 7 heavy (non-hydrogen) atoms. The monoisotopic (exact) mass is 121 g/mol. The summed E-state index contributed by atoms with van der Waals surface area (Å²) in [7, 11) is -0.499. The van der Waals surface area contributed by atoms with Gasteiger partial charge in [-0.3, -0.25) is 4.52 Å². The zero-order valence-corrected chi connectivity index (χ0v) is 4.18. The van der Waals surface area contributed by atoms with Crippen LogP contribution < -0.4 is 0 Å². The van der Waals surface area contributed by atoms with Crippen LogP contribution in [0.4, 0.5) is 0 Å². The van der Waals surface area contributed by atoms with Crippen molar-refractivity contribution in [2.75, 3.05) is 6.79 Å². The molecule has 0 fully saturated rings. The van der Waals surface area contributed by atoms with E-state index >= 15 is 0 Å². The molecule has 0 saturated carbocycles. The molecule has 0 aromatic rings. The van der Waals surface area contributed by atoms with Crippen LogP contribution in [0.2, 0.25) is 0 Å². The summed E-state index contributed by atoms with van der Waals surface area (Å²) >= 11 is 0. The maximum absolute atomic E-state index is 9.34. The molecule has 0 rings (SSSR count). The Hall–Kier alpha value is -0.470. The second-order valence-electron chi connectivity index (χ2n) is 0.549. The van der Waals surface area contributed by atoms with E-state index in [4.69, 9.17) is 4.79 Å². The van der Waals surface area contributed by atoms with E-state index < -0.39 is 8.69 Å². The van der Waals surface area contributed by atoms with E-state index in [2.05, 4.69) is 9.26 Å². The highest BCUT2D eigenvalue weighted by molar-refractivity contribution is 7.17. The summed E-state index contributed by atoms with van der Waals surface area (Å²) in [5.41, 5.74) is 0. The molecular weight excluding hydrogens is 119 g/mol. The topological polar surface area (TPSA) is 52.6 Å². The molecule has 0 N–H and O–H groups in total. The van der Waals surface area contributed by atoms with Crippen LogP contribution in [0.15, 0.2) is 0 Å². The normalized spacial score (nSPS) is 8.57. The highest BCUT2D eigenvalue weighted by Crippen LogP contribution is 1.90. The highest BCUT2D eigenvalue weighted by Gasteiger charge is 1.79. The standard InChI is InChI=1S/C2H2O4P/c3-1-5-2-6-7-4/h2H2. The van der Waals surface area contributed by atoms with Crippen molar-refractivity contribution in [3.8, 4) is 0 Å². The van der Waals surface area contributed by atoms with Crippen molar-refractivity contribution < 1.29 is 18.6 Å². The zero-order valence-electron chi connectivity index (χ0n) is 3.29. The predicted octanol–water partition coefficient (Wildman–Crippen LogP) is 0.251. The fraction of sp³-hybridized carbons (Fsp3) is 0.500. The van der Waals surface area contributed by atoms with Crippen LogP contribution in [0, 0.1) is 0 Å². The lowest BCUT2D eigenvalue weighted by Gasteiger charge is -1.85.